The van der Waals surface area contributed by atoms with E-state index < -0.39 is 5.97 Å². The van der Waals surface area contributed by atoms with Gasteiger partial charge in [-0.2, -0.15) is 0 Å². The molecule has 0 aliphatic rings. The summed E-state index contributed by atoms with van der Waals surface area (Å²) in [7, 11) is 1.39. The van der Waals surface area contributed by atoms with E-state index in [0.717, 1.165) is 5.56 Å². The Bertz CT molecular complexity index is 454. The number of benzene rings is 1. The molecule has 17 heavy (non-hydrogen) atoms. The van der Waals surface area contributed by atoms with Gasteiger partial charge in [0, 0.05) is 18.7 Å². The molecule has 0 radical (unpaired) electrons. The lowest BCUT2D eigenvalue weighted by Crippen LogP contribution is -2.10. The van der Waals surface area contributed by atoms with Crippen LogP contribution < -0.4 is 10.1 Å². The monoisotopic (exact) mass is 237 g/mol. The van der Waals surface area contributed by atoms with Gasteiger partial charge in [-0.05, 0) is 18.1 Å². The van der Waals surface area contributed by atoms with Crippen LogP contribution >= 0.6 is 0 Å². The lowest BCUT2D eigenvalue weighted by molar-refractivity contribution is -0.114. The van der Waals surface area contributed by atoms with Crippen LogP contribution in [0.2, 0.25) is 0 Å². The highest BCUT2D eigenvalue weighted by atomic mass is 16.5. The van der Waals surface area contributed by atoms with Gasteiger partial charge in [0.1, 0.15) is 11.3 Å². The first kappa shape index (κ1) is 13.0. The highest BCUT2D eigenvalue weighted by Gasteiger charge is 2.15. The van der Waals surface area contributed by atoms with Gasteiger partial charge in [0.2, 0.25) is 5.91 Å². The van der Waals surface area contributed by atoms with Crippen molar-refractivity contribution in [2.45, 2.75) is 20.3 Å². The maximum atomic E-state index is 11.0. The molecule has 0 fully saturated rings. The van der Waals surface area contributed by atoms with Crippen molar-refractivity contribution < 1.29 is 19.4 Å². The van der Waals surface area contributed by atoms with Crippen LogP contribution in [0.5, 0.6) is 5.75 Å². The number of rotatable bonds is 4. The average molecular weight is 237 g/mol. The molecule has 0 unspecified atom stereocenters. The van der Waals surface area contributed by atoms with Gasteiger partial charge in [-0.3, -0.25) is 4.79 Å². The zero-order valence-electron chi connectivity index (χ0n) is 10.0. The lowest BCUT2D eigenvalue weighted by atomic mass is 10.0. The number of carboxylic acid groups (broad SMARTS) is 1. The van der Waals surface area contributed by atoms with Crippen LogP contribution in [-0.2, 0) is 11.2 Å². The minimum Gasteiger partial charge on any atom is -0.496 e. The van der Waals surface area contributed by atoms with Crippen molar-refractivity contribution in [1.82, 2.24) is 0 Å². The predicted molar refractivity (Wildman–Crippen MR) is 63.6 cm³/mol. The minimum absolute atomic E-state index is 0.0958. The van der Waals surface area contributed by atoms with Gasteiger partial charge < -0.3 is 15.2 Å². The summed E-state index contributed by atoms with van der Waals surface area (Å²) in [4.78, 5) is 22.0. The Morgan fingerprint density at radius 2 is 2.06 bits per heavy atom. The first-order chi connectivity index (χ1) is 7.99. The number of aromatic carboxylic acids is 1. The van der Waals surface area contributed by atoms with E-state index in [1.165, 1.54) is 26.2 Å². The van der Waals surface area contributed by atoms with Crippen LogP contribution in [0, 0.1) is 0 Å². The summed E-state index contributed by atoms with van der Waals surface area (Å²) in [5.74, 6) is -1.02. The number of amides is 1. The van der Waals surface area contributed by atoms with E-state index in [0.29, 0.717) is 12.1 Å². The maximum absolute atomic E-state index is 11.0. The summed E-state index contributed by atoms with van der Waals surface area (Å²) in [5, 5.41) is 11.7. The standard InChI is InChI=1S/C12H15NO4/c1-4-8-5-9(12(15)16)11(17-3)6-10(8)13-7(2)14/h5-6H,4H2,1-3H3,(H,13,14)(H,15,16). The highest BCUT2D eigenvalue weighted by molar-refractivity contribution is 5.95. The number of hydrogen-bond donors (Lipinski definition) is 2. The Morgan fingerprint density at radius 1 is 1.41 bits per heavy atom. The van der Waals surface area contributed by atoms with E-state index in [2.05, 4.69) is 5.32 Å². The molecular weight excluding hydrogens is 222 g/mol. The Kier molecular flexibility index (Phi) is 4.09. The molecule has 1 amide bonds. The molecule has 92 valence electrons. The third-order valence-electron chi connectivity index (χ3n) is 2.35. The molecule has 0 aliphatic carbocycles. The van der Waals surface area contributed by atoms with E-state index in [1.54, 1.807) is 0 Å². The van der Waals surface area contributed by atoms with Crippen molar-refractivity contribution in [3.63, 3.8) is 0 Å². The van der Waals surface area contributed by atoms with E-state index in [-0.39, 0.29) is 17.2 Å². The summed E-state index contributed by atoms with van der Waals surface area (Å²) < 4.78 is 5.00. The zero-order valence-corrected chi connectivity index (χ0v) is 10.0. The number of carbonyl (C=O) groups is 2. The van der Waals surface area contributed by atoms with E-state index in [4.69, 9.17) is 9.84 Å². The van der Waals surface area contributed by atoms with E-state index in [9.17, 15) is 9.59 Å². The Balaban J connectivity index is 3.32. The summed E-state index contributed by atoms with van der Waals surface area (Å²) in [6.07, 6.45) is 0.625. The fourth-order valence-electron chi connectivity index (χ4n) is 1.56. The molecule has 5 heteroatoms. The average Bonchev–Trinajstić information content (AvgIpc) is 2.27. The van der Waals surface area contributed by atoms with Crippen LogP contribution in [-0.4, -0.2) is 24.1 Å². The smallest absolute Gasteiger partial charge is 0.339 e. The van der Waals surface area contributed by atoms with Gasteiger partial charge in [-0.1, -0.05) is 6.92 Å². The fourth-order valence-corrected chi connectivity index (χ4v) is 1.56. The number of carbonyl (C=O) groups excluding carboxylic acids is 1. The largest absolute Gasteiger partial charge is 0.496 e. The molecule has 1 aromatic rings. The second-order valence-corrected chi connectivity index (χ2v) is 3.55. The van der Waals surface area contributed by atoms with Crippen molar-refractivity contribution in [2.24, 2.45) is 0 Å². The van der Waals surface area contributed by atoms with Crippen LogP contribution in [0.25, 0.3) is 0 Å². The molecule has 0 aliphatic heterocycles. The first-order valence-corrected chi connectivity index (χ1v) is 5.21. The molecule has 0 heterocycles. The first-order valence-electron chi connectivity index (χ1n) is 5.21. The maximum Gasteiger partial charge on any atom is 0.339 e. The Labute approximate surface area is 99.4 Å². The number of hydrogen-bond acceptors (Lipinski definition) is 3. The normalized spacial score (nSPS) is 9.82. The van der Waals surface area contributed by atoms with Crippen molar-refractivity contribution in [1.29, 1.82) is 0 Å². The van der Waals surface area contributed by atoms with Crippen LogP contribution in [0.1, 0.15) is 29.8 Å². The van der Waals surface area contributed by atoms with Gasteiger partial charge in [-0.25, -0.2) is 4.79 Å². The van der Waals surface area contributed by atoms with E-state index >= 15 is 0 Å². The van der Waals surface area contributed by atoms with Gasteiger partial charge in [0.15, 0.2) is 0 Å². The second-order valence-electron chi connectivity index (χ2n) is 3.55. The van der Waals surface area contributed by atoms with Crippen LogP contribution in [0.15, 0.2) is 12.1 Å². The molecule has 0 saturated heterocycles. The third-order valence-corrected chi connectivity index (χ3v) is 2.35. The van der Waals surface area contributed by atoms with Crippen molar-refractivity contribution in [2.75, 3.05) is 12.4 Å². The molecule has 0 atom stereocenters. The van der Waals surface area contributed by atoms with Crippen LogP contribution in [0.4, 0.5) is 5.69 Å². The van der Waals surface area contributed by atoms with Crippen LogP contribution in [0.3, 0.4) is 0 Å². The number of methoxy groups -OCH3 is 1. The summed E-state index contributed by atoms with van der Waals surface area (Å²) in [6.45, 7) is 3.29. The highest BCUT2D eigenvalue weighted by Crippen LogP contribution is 2.28. The van der Waals surface area contributed by atoms with Crippen molar-refractivity contribution in [3.05, 3.63) is 23.3 Å². The molecule has 0 spiro atoms. The SMILES string of the molecule is CCc1cc(C(=O)O)c(OC)cc1NC(C)=O. The molecule has 5 nitrogen and oxygen atoms in total. The number of carboxylic acids is 1. The molecular formula is C12H15NO4. The lowest BCUT2D eigenvalue weighted by Gasteiger charge is -2.13. The quantitative estimate of drug-likeness (QED) is 0.838. The Morgan fingerprint density at radius 3 is 2.47 bits per heavy atom. The summed E-state index contributed by atoms with van der Waals surface area (Å²) in [6, 6.07) is 3.05. The fraction of sp³-hybridized carbons (Fsp3) is 0.333. The number of aryl methyl sites for hydroxylation is 1. The molecule has 1 rings (SSSR count). The molecule has 1 aromatic carbocycles. The third kappa shape index (κ3) is 2.96. The predicted octanol–water partition coefficient (Wildman–Crippen LogP) is 1.91. The number of ether oxygens (including phenoxy) is 1. The number of nitrogens with one attached hydrogen (secondary N) is 1. The number of anilines is 1. The molecule has 0 aromatic heterocycles. The Hall–Kier alpha value is -2.04. The topological polar surface area (TPSA) is 75.6 Å². The molecule has 0 bridgehead atoms. The second kappa shape index (κ2) is 5.34. The summed E-state index contributed by atoms with van der Waals surface area (Å²) >= 11 is 0. The van der Waals surface area contributed by atoms with Gasteiger partial charge in [0.25, 0.3) is 0 Å². The van der Waals surface area contributed by atoms with E-state index in [1.807, 2.05) is 6.92 Å². The molecule has 2 N–H and O–H groups in total. The van der Waals surface area contributed by atoms with Gasteiger partial charge >= 0.3 is 5.97 Å². The van der Waals surface area contributed by atoms with Crippen molar-refractivity contribution >= 4 is 17.6 Å². The zero-order chi connectivity index (χ0) is 13.0. The van der Waals surface area contributed by atoms with Gasteiger partial charge in [-0.15, -0.1) is 0 Å². The minimum atomic E-state index is -1.05. The van der Waals surface area contributed by atoms with Crippen molar-refractivity contribution in [3.8, 4) is 5.75 Å². The molecule has 0 saturated carbocycles. The summed E-state index contributed by atoms with van der Waals surface area (Å²) in [5.41, 5.74) is 1.44. The van der Waals surface area contributed by atoms with Gasteiger partial charge in [0.05, 0.1) is 7.11 Å².